The molecule has 0 atom stereocenters. The predicted molar refractivity (Wildman–Crippen MR) is 81.3 cm³/mol. The van der Waals surface area contributed by atoms with E-state index in [1.807, 2.05) is 6.07 Å². The zero-order valence-corrected chi connectivity index (χ0v) is 12.6. The first kappa shape index (κ1) is 16.5. The second-order valence-corrected chi connectivity index (χ2v) is 5.31. The van der Waals surface area contributed by atoms with Gasteiger partial charge in [0.2, 0.25) is 0 Å². The average molecular weight is 278 g/mol. The Kier molecular flexibility index (Phi) is 7.13. The molecule has 3 nitrogen and oxygen atoms in total. The zero-order valence-electron chi connectivity index (χ0n) is 12.6. The standard InChI is InChI=1S/C17H26O3/c1-3-5-7-13-9-10-14(11-12-16(18)19)17(20)15(13)8-6-4-2/h9-10,20H,3-8,11-12H2,1-2H3,(H,18,19). The van der Waals surface area contributed by atoms with Crippen LogP contribution in [0.3, 0.4) is 0 Å². The van der Waals surface area contributed by atoms with Crippen molar-refractivity contribution in [1.82, 2.24) is 0 Å². The van der Waals surface area contributed by atoms with Crippen molar-refractivity contribution >= 4 is 5.97 Å². The van der Waals surface area contributed by atoms with Crippen molar-refractivity contribution < 1.29 is 15.0 Å². The zero-order chi connectivity index (χ0) is 15.0. The number of phenolic OH excluding ortho intramolecular Hbond substituents is 1. The Morgan fingerprint density at radius 2 is 1.60 bits per heavy atom. The van der Waals surface area contributed by atoms with Crippen LogP contribution in [0, 0.1) is 0 Å². The number of phenols is 1. The van der Waals surface area contributed by atoms with Crippen molar-refractivity contribution in [3.63, 3.8) is 0 Å². The Balaban J connectivity index is 2.96. The van der Waals surface area contributed by atoms with Crippen LogP contribution < -0.4 is 0 Å². The summed E-state index contributed by atoms with van der Waals surface area (Å²) in [5, 5.41) is 19.2. The summed E-state index contributed by atoms with van der Waals surface area (Å²) in [6.07, 6.45) is 6.72. The van der Waals surface area contributed by atoms with E-state index in [2.05, 4.69) is 19.9 Å². The van der Waals surface area contributed by atoms with Gasteiger partial charge in [0.15, 0.2) is 0 Å². The first-order valence-electron chi connectivity index (χ1n) is 7.64. The van der Waals surface area contributed by atoms with Crippen LogP contribution in [0.5, 0.6) is 5.75 Å². The van der Waals surface area contributed by atoms with Crippen LogP contribution >= 0.6 is 0 Å². The SMILES string of the molecule is CCCCc1ccc(CCC(=O)O)c(O)c1CCCC. The molecular formula is C17H26O3. The van der Waals surface area contributed by atoms with Gasteiger partial charge in [0.1, 0.15) is 5.75 Å². The van der Waals surface area contributed by atoms with Crippen molar-refractivity contribution in [3.05, 3.63) is 28.8 Å². The lowest BCUT2D eigenvalue weighted by atomic mass is 9.93. The summed E-state index contributed by atoms with van der Waals surface area (Å²) < 4.78 is 0. The van der Waals surface area contributed by atoms with Gasteiger partial charge in [0.05, 0.1) is 0 Å². The largest absolute Gasteiger partial charge is 0.507 e. The number of carboxylic acid groups (broad SMARTS) is 1. The summed E-state index contributed by atoms with van der Waals surface area (Å²) >= 11 is 0. The minimum Gasteiger partial charge on any atom is -0.507 e. The third kappa shape index (κ3) is 4.87. The maximum absolute atomic E-state index is 10.7. The van der Waals surface area contributed by atoms with E-state index < -0.39 is 5.97 Å². The molecule has 0 aliphatic rings. The van der Waals surface area contributed by atoms with Crippen molar-refractivity contribution in [2.45, 2.75) is 65.2 Å². The molecule has 0 saturated heterocycles. The fourth-order valence-corrected chi connectivity index (χ4v) is 2.40. The highest BCUT2D eigenvalue weighted by atomic mass is 16.4. The number of carbonyl (C=O) groups is 1. The van der Waals surface area contributed by atoms with Crippen molar-refractivity contribution in [2.24, 2.45) is 0 Å². The number of aliphatic carboxylic acids is 1. The van der Waals surface area contributed by atoms with Gasteiger partial charge in [-0.15, -0.1) is 0 Å². The van der Waals surface area contributed by atoms with Crippen molar-refractivity contribution in [1.29, 1.82) is 0 Å². The summed E-state index contributed by atoms with van der Waals surface area (Å²) in [6.45, 7) is 4.30. The number of carboxylic acids is 1. The van der Waals surface area contributed by atoms with Gasteiger partial charge in [-0.3, -0.25) is 4.79 Å². The summed E-state index contributed by atoms with van der Waals surface area (Å²) in [5.74, 6) is -0.497. The number of hydrogen-bond donors (Lipinski definition) is 2. The van der Waals surface area contributed by atoms with Crippen molar-refractivity contribution in [2.75, 3.05) is 0 Å². The first-order valence-corrected chi connectivity index (χ1v) is 7.64. The van der Waals surface area contributed by atoms with E-state index in [4.69, 9.17) is 5.11 Å². The van der Waals surface area contributed by atoms with Gasteiger partial charge in [-0.2, -0.15) is 0 Å². The lowest BCUT2D eigenvalue weighted by Gasteiger charge is -2.14. The van der Waals surface area contributed by atoms with Crippen LogP contribution in [0.4, 0.5) is 0 Å². The molecular weight excluding hydrogens is 252 g/mol. The van der Waals surface area contributed by atoms with E-state index in [0.717, 1.165) is 49.7 Å². The van der Waals surface area contributed by atoms with Gasteiger partial charge in [-0.05, 0) is 48.8 Å². The molecule has 0 bridgehead atoms. The molecule has 0 spiro atoms. The number of hydrogen-bond acceptors (Lipinski definition) is 2. The molecule has 20 heavy (non-hydrogen) atoms. The lowest BCUT2D eigenvalue weighted by molar-refractivity contribution is -0.136. The van der Waals surface area contributed by atoms with E-state index in [0.29, 0.717) is 12.2 Å². The van der Waals surface area contributed by atoms with E-state index >= 15 is 0 Å². The Bertz CT molecular complexity index is 438. The summed E-state index contributed by atoms with van der Waals surface area (Å²) in [7, 11) is 0. The topological polar surface area (TPSA) is 57.5 Å². The molecule has 112 valence electrons. The molecule has 0 fully saturated rings. The quantitative estimate of drug-likeness (QED) is 0.715. The van der Waals surface area contributed by atoms with Crippen LogP contribution in [0.25, 0.3) is 0 Å². The van der Waals surface area contributed by atoms with E-state index in [9.17, 15) is 9.90 Å². The smallest absolute Gasteiger partial charge is 0.303 e. The third-order valence-corrected chi connectivity index (χ3v) is 3.65. The van der Waals surface area contributed by atoms with Gasteiger partial charge in [-0.1, -0.05) is 38.8 Å². The second kappa shape index (κ2) is 8.62. The van der Waals surface area contributed by atoms with Crippen LogP contribution in [0.2, 0.25) is 0 Å². The second-order valence-electron chi connectivity index (χ2n) is 5.31. The summed E-state index contributed by atoms with van der Waals surface area (Å²) in [5.41, 5.74) is 3.01. The predicted octanol–water partition coefficient (Wildman–Crippen LogP) is 4.09. The number of rotatable bonds is 9. The van der Waals surface area contributed by atoms with Gasteiger partial charge in [-0.25, -0.2) is 0 Å². The Morgan fingerprint density at radius 1 is 1.00 bits per heavy atom. The number of benzene rings is 1. The minimum atomic E-state index is -0.824. The Hall–Kier alpha value is -1.51. The molecule has 0 heterocycles. The monoisotopic (exact) mass is 278 g/mol. The molecule has 0 radical (unpaired) electrons. The normalized spacial score (nSPS) is 10.7. The molecule has 2 N–H and O–H groups in total. The fourth-order valence-electron chi connectivity index (χ4n) is 2.40. The lowest BCUT2D eigenvalue weighted by Crippen LogP contribution is -2.02. The maximum Gasteiger partial charge on any atom is 0.303 e. The van der Waals surface area contributed by atoms with E-state index in [-0.39, 0.29) is 6.42 Å². The highest BCUT2D eigenvalue weighted by molar-refractivity contribution is 5.67. The first-order chi connectivity index (χ1) is 9.60. The van der Waals surface area contributed by atoms with Crippen LogP contribution in [-0.2, 0) is 24.1 Å². The average Bonchev–Trinajstić information content (AvgIpc) is 2.42. The molecule has 0 aromatic heterocycles. The maximum atomic E-state index is 10.7. The molecule has 0 aliphatic carbocycles. The molecule has 1 aromatic carbocycles. The fraction of sp³-hybridized carbons (Fsp3) is 0.588. The highest BCUT2D eigenvalue weighted by Gasteiger charge is 2.13. The van der Waals surface area contributed by atoms with Crippen LogP contribution in [0.1, 0.15) is 62.6 Å². The van der Waals surface area contributed by atoms with E-state index in [1.165, 1.54) is 5.56 Å². The molecule has 3 heteroatoms. The van der Waals surface area contributed by atoms with Crippen molar-refractivity contribution in [3.8, 4) is 5.75 Å². The molecule has 0 unspecified atom stereocenters. The molecule has 1 rings (SSSR count). The summed E-state index contributed by atoms with van der Waals surface area (Å²) in [4.78, 5) is 10.7. The van der Waals surface area contributed by atoms with Crippen LogP contribution in [-0.4, -0.2) is 16.2 Å². The Morgan fingerprint density at radius 3 is 2.20 bits per heavy atom. The summed E-state index contributed by atoms with van der Waals surface area (Å²) in [6, 6.07) is 3.95. The molecule has 0 aliphatic heterocycles. The minimum absolute atomic E-state index is 0.0646. The molecule has 0 amide bonds. The van der Waals surface area contributed by atoms with Gasteiger partial charge >= 0.3 is 5.97 Å². The third-order valence-electron chi connectivity index (χ3n) is 3.65. The van der Waals surface area contributed by atoms with Gasteiger partial charge in [0, 0.05) is 6.42 Å². The molecule has 0 saturated carbocycles. The number of unbranched alkanes of at least 4 members (excludes halogenated alkanes) is 2. The Labute approximate surface area is 121 Å². The van der Waals surface area contributed by atoms with Gasteiger partial charge < -0.3 is 10.2 Å². The van der Waals surface area contributed by atoms with E-state index in [1.54, 1.807) is 0 Å². The van der Waals surface area contributed by atoms with Crippen LogP contribution in [0.15, 0.2) is 12.1 Å². The highest BCUT2D eigenvalue weighted by Crippen LogP contribution is 2.29. The molecule has 1 aromatic rings. The number of aryl methyl sites for hydroxylation is 2. The number of aromatic hydroxyl groups is 1. The van der Waals surface area contributed by atoms with Gasteiger partial charge in [0.25, 0.3) is 0 Å².